The average molecular weight is 422 g/mol. The fraction of sp³-hybridized carbons (Fsp3) is 0.167. The number of benzene rings is 3. The number of hydrogen-bond donors (Lipinski definition) is 3. The first kappa shape index (κ1) is 22.0. The first-order valence-corrected chi connectivity index (χ1v) is 9.84. The lowest BCUT2D eigenvalue weighted by Crippen LogP contribution is -3.11. The molecular formula is C24H25FN3O3+. The highest BCUT2D eigenvalue weighted by Crippen LogP contribution is 2.19. The number of ether oxygens (including phenoxy) is 1. The van der Waals surface area contributed by atoms with Crippen LogP contribution in [-0.2, 0) is 9.59 Å². The third-order valence-corrected chi connectivity index (χ3v) is 4.77. The molecule has 0 aliphatic rings. The summed E-state index contributed by atoms with van der Waals surface area (Å²) in [6, 6.07) is 21.4. The van der Waals surface area contributed by atoms with Gasteiger partial charge in [-0.15, -0.1) is 0 Å². The Labute approximate surface area is 180 Å². The van der Waals surface area contributed by atoms with Crippen molar-refractivity contribution in [2.45, 2.75) is 6.04 Å². The lowest BCUT2D eigenvalue weighted by Gasteiger charge is -2.24. The van der Waals surface area contributed by atoms with Gasteiger partial charge in [-0.2, -0.15) is 0 Å². The van der Waals surface area contributed by atoms with Crippen LogP contribution in [0, 0.1) is 5.82 Å². The predicted molar refractivity (Wildman–Crippen MR) is 118 cm³/mol. The minimum absolute atomic E-state index is 0.0155. The molecule has 0 radical (unpaired) electrons. The Bertz CT molecular complexity index is 1040. The number of nitrogens with one attached hydrogen (secondary N) is 3. The van der Waals surface area contributed by atoms with Gasteiger partial charge in [-0.05, 0) is 30.3 Å². The molecule has 3 N–H and O–H groups in total. The fourth-order valence-electron chi connectivity index (χ4n) is 3.35. The van der Waals surface area contributed by atoms with Gasteiger partial charge in [0.1, 0.15) is 11.6 Å². The van der Waals surface area contributed by atoms with Crippen LogP contribution >= 0.6 is 0 Å². The summed E-state index contributed by atoms with van der Waals surface area (Å²) in [5.41, 5.74) is 1.75. The van der Waals surface area contributed by atoms with Crippen LogP contribution in [0.4, 0.5) is 15.8 Å². The molecule has 160 valence electrons. The van der Waals surface area contributed by atoms with Gasteiger partial charge in [0.05, 0.1) is 14.2 Å². The SMILES string of the molecule is COc1cccc(NC(=O)[C@H](c2ccccc2)[NH+](C)CC(=O)Nc2cccc(F)c2)c1. The molecule has 3 aromatic carbocycles. The number of quaternary nitrogens is 1. The van der Waals surface area contributed by atoms with Crippen LogP contribution in [0.2, 0.25) is 0 Å². The molecule has 3 rings (SSSR count). The average Bonchev–Trinajstić information content (AvgIpc) is 2.74. The summed E-state index contributed by atoms with van der Waals surface area (Å²) in [5, 5.41) is 5.58. The Balaban J connectivity index is 1.76. The summed E-state index contributed by atoms with van der Waals surface area (Å²) >= 11 is 0. The molecule has 1 unspecified atom stereocenters. The van der Waals surface area contributed by atoms with Crippen molar-refractivity contribution in [3.8, 4) is 5.75 Å². The molecule has 0 aromatic heterocycles. The Hall–Kier alpha value is -3.71. The van der Waals surface area contributed by atoms with E-state index < -0.39 is 11.9 Å². The first-order chi connectivity index (χ1) is 15.0. The van der Waals surface area contributed by atoms with E-state index in [1.807, 2.05) is 30.3 Å². The smallest absolute Gasteiger partial charge is 0.287 e. The summed E-state index contributed by atoms with van der Waals surface area (Å²) < 4.78 is 18.6. The van der Waals surface area contributed by atoms with Crippen LogP contribution < -0.4 is 20.3 Å². The molecule has 31 heavy (non-hydrogen) atoms. The Morgan fingerprint density at radius 1 is 0.935 bits per heavy atom. The van der Waals surface area contributed by atoms with Crippen molar-refractivity contribution in [1.82, 2.24) is 0 Å². The van der Waals surface area contributed by atoms with E-state index in [1.54, 1.807) is 44.5 Å². The molecule has 0 fully saturated rings. The van der Waals surface area contributed by atoms with E-state index in [4.69, 9.17) is 4.74 Å². The van der Waals surface area contributed by atoms with Crippen molar-refractivity contribution in [3.05, 3.63) is 90.2 Å². The van der Waals surface area contributed by atoms with Gasteiger partial charge in [-0.25, -0.2) is 4.39 Å². The summed E-state index contributed by atoms with van der Waals surface area (Å²) in [6.45, 7) is 0.0155. The molecule has 0 saturated heterocycles. The minimum Gasteiger partial charge on any atom is -0.497 e. The van der Waals surface area contributed by atoms with E-state index in [-0.39, 0.29) is 18.4 Å². The number of hydrogen-bond acceptors (Lipinski definition) is 3. The molecule has 0 spiro atoms. The van der Waals surface area contributed by atoms with Crippen molar-refractivity contribution in [1.29, 1.82) is 0 Å². The Morgan fingerprint density at radius 3 is 2.29 bits per heavy atom. The second-order valence-electron chi connectivity index (χ2n) is 7.15. The summed E-state index contributed by atoms with van der Waals surface area (Å²) in [6.07, 6.45) is 0. The largest absolute Gasteiger partial charge is 0.497 e. The van der Waals surface area contributed by atoms with Crippen molar-refractivity contribution >= 4 is 23.2 Å². The maximum absolute atomic E-state index is 13.4. The fourth-order valence-corrected chi connectivity index (χ4v) is 3.35. The van der Waals surface area contributed by atoms with Gasteiger partial charge in [-0.1, -0.05) is 42.5 Å². The van der Waals surface area contributed by atoms with Crippen LogP contribution in [-0.4, -0.2) is 32.5 Å². The molecule has 0 aliphatic carbocycles. The molecule has 0 bridgehead atoms. The zero-order valence-corrected chi connectivity index (χ0v) is 17.4. The maximum atomic E-state index is 13.4. The van der Waals surface area contributed by atoms with E-state index >= 15 is 0 Å². The van der Waals surface area contributed by atoms with Crippen LogP contribution in [0.15, 0.2) is 78.9 Å². The number of amides is 2. The third-order valence-electron chi connectivity index (χ3n) is 4.77. The predicted octanol–water partition coefficient (Wildman–Crippen LogP) is 2.67. The van der Waals surface area contributed by atoms with E-state index in [0.29, 0.717) is 22.0 Å². The highest BCUT2D eigenvalue weighted by atomic mass is 19.1. The minimum atomic E-state index is -0.634. The summed E-state index contributed by atoms with van der Waals surface area (Å²) in [7, 11) is 3.33. The van der Waals surface area contributed by atoms with E-state index in [9.17, 15) is 14.0 Å². The zero-order valence-electron chi connectivity index (χ0n) is 17.4. The van der Waals surface area contributed by atoms with E-state index in [0.717, 1.165) is 5.56 Å². The number of likely N-dealkylation sites (N-methyl/N-ethyl adjacent to an activating group) is 1. The Morgan fingerprint density at radius 2 is 1.61 bits per heavy atom. The van der Waals surface area contributed by atoms with Gasteiger partial charge in [0, 0.05) is 23.0 Å². The number of anilines is 2. The molecule has 0 aliphatic heterocycles. The van der Waals surface area contributed by atoms with Gasteiger partial charge in [-0.3, -0.25) is 9.59 Å². The van der Waals surface area contributed by atoms with Gasteiger partial charge in [0.15, 0.2) is 12.6 Å². The second-order valence-corrected chi connectivity index (χ2v) is 7.15. The quantitative estimate of drug-likeness (QED) is 0.523. The molecule has 7 heteroatoms. The van der Waals surface area contributed by atoms with Crippen LogP contribution in [0.1, 0.15) is 11.6 Å². The van der Waals surface area contributed by atoms with Gasteiger partial charge < -0.3 is 20.3 Å². The van der Waals surface area contributed by atoms with E-state index in [2.05, 4.69) is 10.6 Å². The summed E-state index contributed by atoms with van der Waals surface area (Å²) in [5.74, 6) is -0.378. The van der Waals surface area contributed by atoms with Crippen LogP contribution in [0.3, 0.4) is 0 Å². The lowest BCUT2D eigenvalue weighted by atomic mass is 10.0. The number of carbonyl (C=O) groups excluding carboxylic acids is 2. The number of rotatable bonds is 8. The molecule has 2 atom stereocenters. The second kappa shape index (κ2) is 10.4. The third kappa shape index (κ3) is 6.13. The zero-order chi connectivity index (χ0) is 22.2. The summed E-state index contributed by atoms with van der Waals surface area (Å²) in [4.78, 5) is 26.4. The van der Waals surface area contributed by atoms with E-state index in [1.165, 1.54) is 18.2 Å². The number of halogens is 1. The first-order valence-electron chi connectivity index (χ1n) is 9.84. The highest BCUT2D eigenvalue weighted by molar-refractivity contribution is 5.95. The molecule has 0 heterocycles. The topological polar surface area (TPSA) is 71.9 Å². The number of methoxy groups -OCH3 is 1. The van der Waals surface area contributed by atoms with Crippen LogP contribution in [0.5, 0.6) is 5.75 Å². The monoisotopic (exact) mass is 422 g/mol. The molecule has 3 aromatic rings. The maximum Gasteiger partial charge on any atom is 0.287 e. The van der Waals surface area contributed by atoms with Gasteiger partial charge >= 0.3 is 0 Å². The molecule has 2 amide bonds. The van der Waals surface area contributed by atoms with Crippen molar-refractivity contribution < 1.29 is 23.6 Å². The molecule has 6 nitrogen and oxygen atoms in total. The van der Waals surface area contributed by atoms with Crippen LogP contribution in [0.25, 0.3) is 0 Å². The Kier molecular flexibility index (Phi) is 7.35. The number of carbonyl (C=O) groups is 2. The van der Waals surface area contributed by atoms with Crippen molar-refractivity contribution in [2.24, 2.45) is 0 Å². The highest BCUT2D eigenvalue weighted by Gasteiger charge is 2.30. The van der Waals surface area contributed by atoms with Crippen molar-refractivity contribution in [2.75, 3.05) is 31.3 Å². The van der Waals surface area contributed by atoms with Crippen molar-refractivity contribution in [3.63, 3.8) is 0 Å². The lowest BCUT2D eigenvalue weighted by molar-refractivity contribution is -0.893. The molecular weight excluding hydrogens is 397 g/mol. The van der Waals surface area contributed by atoms with Gasteiger partial charge in [0.2, 0.25) is 0 Å². The standard InChI is InChI=1S/C24H24FN3O3/c1-28(16-22(29)26-19-11-6-10-18(25)14-19)23(17-8-4-3-5-9-17)24(30)27-20-12-7-13-21(15-20)31-2/h3-15,23H,16H2,1-2H3,(H,26,29)(H,27,30)/p+1/t23-/m0/s1. The van der Waals surface area contributed by atoms with Gasteiger partial charge in [0.25, 0.3) is 11.8 Å². The normalized spacial score (nSPS) is 12.5. The molecule has 0 saturated carbocycles.